The first-order valence-corrected chi connectivity index (χ1v) is 39.2. The lowest BCUT2D eigenvalue weighted by molar-refractivity contribution is -0.143. The number of nitrogen functional groups attached to an aromatic ring is 3. The van der Waals surface area contributed by atoms with Crippen molar-refractivity contribution in [1.29, 1.82) is 0 Å². The standard InChI is InChI=1S/C49H73N15O21P4S3/c1-4-6-7-8-9-10-11-12-13-30(65)74-17-18-92-87(69,70)85-39-38-48(64-27-61-33-42(52)55-24-58-45(33)64)82-49(39,14-16-75-38)21-79-89(72,91)83-36-34(66)28(80-46(36)62-25-59-31-40(50)53-22-56-43(31)62)19-78-88(71,90)84-37-35(73-3)29(20-77-86(67,68)76-15-5-2)81-47(37)63-26-60-32-41(51)54-23-57-44(32)63/h22-29,34-39,46-48,66H,4-21H2,1-3H3,(H,67,68)(H,69,70)(H,71,90)(H,72,91)(H2,50,53,56)(H2,51,54,57)(H2,52,55,58)/t28-,29-,34?,35?,36+,37+,38+,39?,46-,47-,48-,49-,88?,89?/m1/s1. The summed E-state index contributed by atoms with van der Waals surface area (Å²) < 4.78 is 109. The molecule has 43 heteroatoms. The molecule has 10 heterocycles. The van der Waals surface area contributed by atoms with Gasteiger partial charge in [-0.15, -0.1) is 0 Å². The number of nitrogens with zero attached hydrogens (tertiary/aromatic N) is 12. The predicted molar refractivity (Wildman–Crippen MR) is 333 cm³/mol. The highest BCUT2D eigenvalue weighted by molar-refractivity contribution is 8.54. The maximum absolute atomic E-state index is 14.1. The maximum Gasteiger partial charge on any atom is 0.472 e. The summed E-state index contributed by atoms with van der Waals surface area (Å²) in [4.78, 5) is 96.5. The molecule has 4 aliphatic rings. The van der Waals surface area contributed by atoms with Crippen LogP contribution in [0.4, 0.5) is 17.5 Å². The molecule has 11 N–H and O–H groups in total. The Balaban J connectivity index is 0.854. The topological polar surface area (TPSA) is 481 Å². The zero-order chi connectivity index (χ0) is 65.6. The lowest BCUT2D eigenvalue weighted by atomic mass is 9.90. The van der Waals surface area contributed by atoms with Crippen LogP contribution < -0.4 is 17.2 Å². The lowest BCUT2D eigenvalue weighted by Crippen LogP contribution is -2.52. The number of ether oxygens (including phenoxy) is 6. The van der Waals surface area contributed by atoms with Crippen molar-refractivity contribution in [1.82, 2.24) is 58.6 Å². The van der Waals surface area contributed by atoms with Crippen molar-refractivity contribution >= 4 is 120 Å². The van der Waals surface area contributed by atoms with Crippen LogP contribution in [0.3, 0.4) is 0 Å². The van der Waals surface area contributed by atoms with E-state index in [0.717, 1.165) is 38.4 Å². The van der Waals surface area contributed by atoms with E-state index in [1.54, 1.807) is 6.92 Å². The molecule has 0 radical (unpaired) electrons. The summed E-state index contributed by atoms with van der Waals surface area (Å²) in [7, 11) is -3.31. The number of hydrogen-bond donors (Lipinski definition) is 8. The van der Waals surface area contributed by atoms with Crippen LogP contribution in [0.2, 0.25) is 0 Å². The number of phosphoric ester groups is 1. The molecule has 16 atom stereocenters. The summed E-state index contributed by atoms with van der Waals surface area (Å²) in [5.74, 6) is -0.497. The van der Waals surface area contributed by atoms with Crippen LogP contribution in [0.1, 0.15) is 103 Å². The van der Waals surface area contributed by atoms with Crippen LogP contribution in [0.15, 0.2) is 38.0 Å². The summed E-state index contributed by atoms with van der Waals surface area (Å²) >= 11 is 11.8. The summed E-state index contributed by atoms with van der Waals surface area (Å²) in [6.07, 6.45) is 0.948. The Morgan fingerprint density at radius 3 is 1.78 bits per heavy atom. The van der Waals surface area contributed by atoms with Crippen molar-refractivity contribution < 1.29 is 98.7 Å². The fourth-order valence-corrected chi connectivity index (χ4v) is 17.1. The Labute approximate surface area is 539 Å². The zero-order valence-electron chi connectivity index (χ0n) is 49.9. The molecule has 0 aliphatic carbocycles. The van der Waals surface area contributed by atoms with Crippen molar-refractivity contribution in [3.05, 3.63) is 38.0 Å². The fourth-order valence-electron chi connectivity index (χ4n) is 11.0. The molecule has 92 heavy (non-hydrogen) atoms. The van der Waals surface area contributed by atoms with E-state index in [2.05, 4.69) is 51.8 Å². The summed E-state index contributed by atoms with van der Waals surface area (Å²) in [5, 5.41) is 12.2. The van der Waals surface area contributed by atoms with Gasteiger partial charge in [0.1, 0.15) is 96.6 Å². The van der Waals surface area contributed by atoms with Gasteiger partial charge in [0.05, 0.1) is 52.0 Å². The molecule has 6 aromatic heterocycles. The number of rotatable bonds is 35. The summed E-state index contributed by atoms with van der Waals surface area (Å²) in [6, 6.07) is 0. The molecule has 0 spiro atoms. The number of hydrogen-bond acceptors (Lipinski definition) is 32. The van der Waals surface area contributed by atoms with Crippen molar-refractivity contribution in [3.8, 4) is 0 Å². The van der Waals surface area contributed by atoms with Gasteiger partial charge in [0.25, 0.3) is 0 Å². The average molecular weight is 1430 g/mol. The zero-order valence-corrected chi connectivity index (χ0v) is 56.0. The normalized spacial score (nSPS) is 28.4. The summed E-state index contributed by atoms with van der Waals surface area (Å²) in [6.45, 7) is -12.3. The van der Waals surface area contributed by atoms with Gasteiger partial charge >= 0.3 is 34.0 Å². The Bertz CT molecular complexity index is 3720. The molecule has 36 nitrogen and oxygen atoms in total. The van der Waals surface area contributed by atoms with Crippen molar-refractivity contribution in [2.45, 2.75) is 158 Å². The van der Waals surface area contributed by atoms with Crippen LogP contribution in [-0.4, -0.2) is 196 Å². The van der Waals surface area contributed by atoms with Gasteiger partial charge in [0.2, 0.25) is 0 Å². The number of aromatic nitrogens is 12. The Kier molecular flexibility index (Phi) is 23.5. The van der Waals surface area contributed by atoms with Crippen LogP contribution in [0.5, 0.6) is 0 Å². The SMILES string of the molecule is CCCCCCCCCCC(=O)OCCSP(=O)(O)OC1[C@@H]2OCC[C@]1(COP(O)(=S)O[C@H]1C(O)[C@@H](COP(O)(=S)O[C@H]3C(OC)[C@@H](COP(=O)(O)OCCC)O[C@H]3n3cnc4c(N)ncnc43)O[C@H]1n1cnc3c(N)ncnc31)O[C@H]2n1cnc2c(N)ncnc21. The number of esters is 1. The van der Waals surface area contributed by atoms with Gasteiger partial charge in [-0.05, 0) is 47.8 Å². The van der Waals surface area contributed by atoms with E-state index in [4.69, 9.17) is 101 Å². The molecular weight excluding hydrogens is 1350 g/mol. The smallest absolute Gasteiger partial charge is 0.465 e. The Hall–Kier alpha value is -4.05. The van der Waals surface area contributed by atoms with E-state index in [1.165, 1.54) is 65.3 Å². The quantitative estimate of drug-likeness (QED) is 0.0154. The molecule has 6 aromatic rings. The molecule has 0 amide bonds. The number of aliphatic hydroxyl groups is 1. The number of methoxy groups -OCH3 is 1. The minimum absolute atomic E-state index is 0.0222. The van der Waals surface area contributed by atoms with Gasteiger partial charge < -0.3 is 79.3 Å². The molecule has 2 bridgehead atoms. The van der Waals surface area contributed by atoms with Gasteiger partial charge in [0.15, 0.2) is 53.1 Å². The van der Waals surface area contributed by atoms with E-state index in [0.29, 0.717) is 24.2 Å². The highest BCUT2D eigenvalue weighted by Gasteiger charge is 2.63. The molecule has 4 fully saturated rings. The highest BCUT2D eigenvalue weighted by atomic mass is 32.7. The van der Waals surface area contributed by atoms with E-state index < -0.39 is 127 Å². The maximum atomic E-state index is 14.1. The Morgan fingerprint density at radius 1 is 0.663 bits per heavy atom. The van der Waals surface area contributed by atoms with Crippen LogP contribution in [0, 0.1) is 0 Å². The molecule has 0 saturated carbocycles. The fraction of sp³-hybridized carbons (Fsp3) is 0.673. The van der Waals surface area contributed by atoms with Crippen LogP contribution >= 0.6 is 39.4 Å². The molecule has 4 aliphatic heterocycles. The van der Waals surface area contributed by atoms with E-state index in [9.17, 15) is 38.6 Å². The number of nitrogens with two attached hydrogens (primary N) is 3. The van der Waals surface area contributed by atoms with Crippen molar-refractivity contribution in [2.24, 2.45) is 0 Å². The average Bonchev–Trinajstić information content (AvgIpc) is 1.58. The van der Waals surface area contributed by atoms with Gasteiger partial charge in [-0.25, -0.2) is 54.0 Å². The molecular formula is C49H73N15O21P4S3. The predicted octanol–water partition coefficient (Wildman–Crippen LogP) is 4.55. The van der Waals surface area contributed by atoms with Crippen LogP contribution in [0.25, 0.3) is 33.5 Å². The number of carbonyl (C=O) groups excluding carboxylic acids is 1. The largest absolute Gasteiger partial charge is 0.472 e. The monoisotopic (exact) mass is 1430 g/mol. The highest BCUT2D eigenvalue weighted by Crippen LogP contribution is 2.62. The minimum atomic E-state index is -4.68. The third-order valence-electron chi connectivity index (χ3n) is 15.5. The van der Waals surface area contributed by atoms with Crippen molar-refractivity contribution in [2.75, 3.05) is 69.7 Å². The van der Waals surface area contributed by atoms with Crippen LogP contribution in [-0.2, 0) is 97.6 Å². The van der Waals surface area contributed by atoms with E-state index >= 15 is 0 Å². The molecule has 0 aromatic carbocycles. The second-order valence-electron chi connectivity index (χ2n) is 21.7. The Morgan fingerprint density at radius 2 is 1.20 bits per heavy atom. The summed E-state index contributed by atoms with van der Waals surface area (Å²) in [5.41, 5.74) is 17.6. The second kappa shape index (κ2) is 30.6. The number of aliphatic hydroxyl groups excluding tert-OH is 1. The van der Waals surface area contributed by atoms with E-state index in [-0.39, 0.29) is 89.4 Å². The first kappa shape index (κ1) is 70.7. The van der Waals surface area contributed by atoms with Gasteiger partial charge in [-0.1, -0.05) is 58.8 Å². The second-order valence-corrected chi connectivity index (χ2v) is 32.8. The molecule has 7 unspecified atom stereocenters. The first-order chi connectivity index (χ1) is 44.0. The lowest BCUT2D eigenvalue weighted by Gasteiger charge is -2.39. The van der Waals surface area contributed by atoms with Gasteiger partial charge in [0, 0.05) is 25.7 Å². The number of fused-ring (bicyclic) bond motifs is 5. The van der Waals surface area contributed by atoms with E-state index in [1.807, 2.05) is 0 Å². The first-order valence-electron chi connectivity index (χ1n) is 29.3. The van der Waals surface area contributed by atoms with Crippen molar-refractivity contribution in [3.63, 3.8) is 0 Å². The third kappa shape index (κ3) is 16.5. The number of imidazole rings is 3. The minimum Gasteiger partial charge on any atom is -0.465 e. The third-order valence-corrected chi connectivity index (χ3v) is 22.5. The number of unbranched alkanes of at least 4 members (excludes halogenated alkanes) is 7. The molecule has 4 saturated heterocycles. The van der Waals surface area contributed by atoms with Gasteiger partial charge in [-0.2, -0.15) is 0 Å². The molecule has 10 rings (SSSR count). The number of carbonyl (C=O) groups is 1. The molecule has 508 valence electrons. The number of phosphoric acid groups is 1. The van der Waals surface area contributed by atoms with Gasteiger partial charge in [-0.3, -0.25) is 41.1 Å². The number of anilines is 3.